The number of aryl methyl sites for hydroxylation is 1. The Kier molecular flexibility index (Phi) is 5.35. The number of benzene rings is 2. The molecule has 0 N–H and O–H groups in total. The van der Waals surface area contributed by atoms with E-state index in [0.717, 1.165) is 33.3 Å². The van der Waals surface area contributed by atoms with E-state index in [-0.39, 0.29) is 11.9 Å². The molecule has 4 rings (SSSR count). The van der Waals surface area contributed by atoms with E-state index in [9.17, 15) is 4.79 Å². The highest BCUT2D eigenvalue weighted by Crippen LogP contribution is 2.39. The van der Waals surface area contributed by atoms with Gasteiger partial charge in [-0.2, -0.15) is 5.10 Å². The molecule has 1 amide bonds. The average Bonchev–Trinajstić information content (AvgIpc) is 3.18. The van der Waals surface area contributed by atoms with Gasteiger partial charge < -0.3 is 9.47 Å². The summed E-state index contributed by atoms with van der Waals surface area (Å²) in [6.07, 6.45) is 0.501. The minimum atomic E-state index is -0.339. The molecule has 1 aromatic heterocycles. The Morgan fingerprint density at radius 3 is 2.63 bits per heavy atom. The zero-order valence-electron chi connectivity index (χ0n) is 17.3. The van der Waals surface area contributed by atoms with Gasteiger partial charge in [0.15, 0.2) is 0 Å². The van der Waals surface area contributed by atoms with E-state index in [0.29, 0.717) is 23.1 Å². The topological polar surface area (TPSA) is 64.0 Å². The van der Waals surface area contributed by atoms with Crippen molar-refractivity contribution < 1.29 is 14.3 Å². The number of nitrogens with zero attached hydrogens (tertiary/aromatic N) is 3. The van der Waals surface area contributed by atoms with Crippen LogP contribution in [0.3, 0.4) is 0 Å². The number of rotatable bonds is 4. The maximum Gasteiger partial charge on any atom is 0.240 e. The number of amides is 1. The number of carbonyl (C=O) groups is 1. The molecule has 0 spiro atoms. The van der Waals surface area contributed by atoms with Crippen molar-refractivity contribution in [2.24, 2.45) is 5.10 Å². The van der Waals surface area contributed by atoms with Crippen LogP contribution >= 0.6 is 11.6 Å². The summed E-state index contributed by atoms with van der Waals surface area (Å²) in [6, 6.07) is 13.2. The lowest BCUT2D eigenvalue weighted by molar-refractivity contribution is -0.130. The number of carbonyl (C=O) groups excluding carboxylic acids is 1. The number of hydrogen-bond donors (Lipinski definition) is 0. The molecule has 0 fully saturated rings. The highest BCUT2D eigenvalue weighted by molar-refractivity contribution is 6.30. The fraction of sp³-hybridized carbons (Fsp3) is 0.261. The van der Waals surface area contributed by atoms with Crippen LogP contribution in [0.25, 0.3) is 10.9 Å². The summed E-state index contributed by atoms with van der Waals surface area (Å²) in [7, 11) is 3.20. The Morgan fingerprint density at radius 2 is 1.93 bits per heavy atom. The number of halogens is 1. The molecule has 3 aromatic rings. The van der Waals surface area contributed by atoms with Gasteiger partial charge in [0.05, 0.1) is 31.5 Å². The van der Waals surface area contributed by atoms with E-state index in [4.69, 9.17) is 21.1 Å². The molecule has 2 aromatic carbocycles. The lowest BCUT2D eigenvalue weighted by Crippen LogP contribution is -2.24. The number of hydrogen-bond acceptors (Lipinski definition) is 5. The molecule has 2 heterocycles. The molecule has 30 heavy (non-hydrogen) atoms. The third kappa shape index (κ3) is 3.59. The Labute approximate surface area is 180 Å². The van der Waals surface area contributed by atoms with Crippen LogP contribution in [0.1, 0.15) is 36.1 Å². The number of hydrazone groups is 1. The fourth-order valence-electron chi connectivity index (χ4n) is 3.76. The van der Waals surface area contributed by atoms with E-state index in [2.05, 4.69) is 16.2 Å². The summed E-state index contributed by atoms with van der Waals surface area (Å²) in [5, 5.41) is 7.44. The van der Waals surface area contributed by atoms with E-state index < -0.39 is 0 Å². The van der Waals surface area contributed by atoms with Gasteiger partial charge in [-0.15, -0.1) is 0 Å². The normalized spacial score (nSPS) is 16.0. The van der Waals surface area contributed by atoms with Gasteiger partial charge in [0.1, 0.15) is 16.7 Å². The van der Waals surface area contributed by atoms with Crippen molar-refractivity contribution in [2.45, 2.75) is 26.3 Å². The summed E-state index contributed by atoms with van der Waals surface area (Å²) in [6.45, 7) is 3.53. The van der Waals surface area contributed by atoms with Crippen LogP contribution in [0.5, 0.6) is 11.5 Å². The van der Waals surface area contributed by atoms with E-state index in [1.54, 1.807) is 20.3 Å². The first-order valence-electron chi connectivity index (χ1n) is 9.57. The SMILES string of the molecule is COc1ccc(C2=NN(C(C)=O)[C@@H](c3cc4cc(C)ccc4nc3Cl)C2)c(OC)c1. The van der Waals surface area contributed by atoms with E-state index >= 15 is 0 Å². The van der Waals surface area contributed by atoms with Crippen LogP contribution in [0.4, 0.5) is 0 Å². The monoisotopic (exact) mass is 423 g/mol. The zero-order chi connectivity index (χ0) is 21.4. The smallest absolute Gasteiger partial charge is 0.240 e. The van der Waals surface area contributed by atoms with Gasteiger partial charge in [0, 0.05) is 35.9 Å². The molecule has 0 saturated heterocycles. The van der Waals surface area contributed by atoms with E-state index in [1.165, 1.54) is 11.9 Å². The summed E-state index contributed by atoms with van der Waals surface area (Å²) < 4.78 is 10.8. The van der Waals surface area contributed by atoms with Crippen molar-refractivity contribution in [3.05, 3.63) is 64.3 Å². The second-order valence-corrected chi connectivity index (χ2v) is 7.62. The Morgan fingerprint density at radius 1 is 1.13 bits per heavy atom. The Balaban J connectivity index is 1.77. The first-order chi connectivity index (χ1) is 14.4. The van der Waals surface area contributed by atoms with Crippen LogP contribution in [0.2, 0.25) is 5.15 Å². The molecule has 154 valence electrons. The van der Waals surface area contributed by atoms with Gasteiger partial charge in [0.25, 0.3) is 0 Å². The van der Waals surface area contributed by atoms with Crippen LogP contribution < -0.4 is 9.47 Å². The predicted octanol–water partition coefficient (Wildman–Crippen LogP) is 4.91. The molecule has 0 unspecified atom stereocenters. The first kappa shape index (κ1) is 20.2. The third-order valence-electron chi connectivity index (χ3n) is 5.26. The van der Waals surface area contributed by atoms with Crippen LogP contribution in [0.15, 0.2) is 47.6 Å². The van der Waals surface area contributed by atoms with Crippen LogP contribution in [-0.2, 0) is 4.79 Å². The maximum atomic E-state index is 12.4. The molecule has 7 heteroatoms. The first-order valence-corrected chi connectivity index (χ1v) is 9.95. The predicted molar refractivity (Wildman–Crippen MR) is 117 cm³/mol. The van der Waals surface area contributed by atoms with Crippen molar-refractivity contribution in [1.82, 2.24) is 9.99 Å². The largest absolute Gasteiger partial charge is 0.497 e. The molecular formula is C23H22ClN3O3. The molecule has 0 bridgehead atoms. The highest BCUT2D eigenvalue weighted by Gasteiger charge is 2.34. The lowest BCUT2D eigenvalue weighted by atomic mass is 9.97. The van der Waals surface area contributed by atoms with E-state index in [1.807, 2.05) is 37.3 Å². The van der Waals surface area contributed by atoms with Gasteiger partial charge in [-0.05, 0) is 37.3 Å². The van der Waals surface area contributed by atoms with Crippen LogP contribution in [-0.4, -0.2) is 35.8 Å². The number of methoxy groups -OCH3 is 2. The summed E-state index contributed by atoms with van der Waals surface area (Å²) in [5.41, 5.74) is 4.28. The van der Waals surface area contributed by atoms with Gasteiger partial charge >= 0.3 is 0 Å². The minimum Gasteiger partial charge on any atom is -0.497 e. The quantitative estimate of drug-likeness (QED) is 0.559. The molecule has 1 aliphatic heterocycles. The number of fused-ring (bicyclic) bond motifs is 1. The van der Waals surface area contributed by atoms with Crippen molar-refractivity contribution >= 4 is 34.1 Å². The number of aromatic nitrogens is 1. The standard InChI is InChI=1S/C23H22ClN3O3/c1-13-5-8-19-15(9-13)10-18(23(24)25-19)21-12-20(26-27(21)14(2)28)17-7-6-16(29-3)11-22(17)30-4/h5-11,21H,12H2,1-4H3/t21-/m1/s1. The molecule has 0 saturated carbocycles. The molecule has 0 radical (unpaired) electrons. The summed E-state index contributed by atoms with van der Waals surface area (Å²) in [4.78, 5) is 16.9. The van der Waals surface area contributed by atoms with Gasteiger partial charge in [-0.25, -0.2) is 9.99 Å². The van der Waals surface area contributed by atoms with Gasteiger partial charge in [-0.1, -0.05) is 23.2 Å². The van der Waals surface area contributed by atoms with Gasteiger partial charge in [-0.3, -0.25) is 4.79 Å². The van der Waals surface area contributed by atoms with Crippen molar-refractivity contribution in [3.8, 4) is 11.5 Å². The summed E-state index contributed by atoms with van der Waals surface area (Å²) in [5.74, 6) is 1.16. The zero-order valence-corrected chi connectivity index (χ0v) is 18.0. The minimum absolute atomic E-state index is 0.164. The second kappa shape index (κ2) is 7.95. The van der Waals surface area contributed by atoms with Crippen LogP contribution in [0, 0.1) is 6.92 Å². The molecular weight excluding hydrogens is 402 g/mol. The molecule has 6 nitrogen and oxygen atoms in total. The molecule has 1 aliphatic rings. The Bertz CT molecular complexity index is 1180. The average molecular weight is 424 g/mol. The second-order valence-electron chi connectivity index (χ2n) is 7.26. The highest BCUT2D eigenvalue weighted by atomic mass is 35.5. The number of pyridine rings is 1. The summed E-state index contributed by atoms with van der Waals surface area (Å²) >= 11 is 6.54. The lowest BCUT2D eigenvalue weighted by Gasteiger charge is -2.21. The third-order valence-corrected chi connectivity index (χ3v) is 5.57. The van der Waals surface area contributed by atoms with Gasteiger partial charge in [0.2, 0.25) is 5.91 Å². The Hall–Kier alpha value is -3.12. The molecule has 0 aliphatic carbocycles. The molecule has 1 atom stereocenters. The maximum absolute atomic E-state index is 12.4. The van der Waals surface area contributed by atoms with Crippen molar-refractivity contribution in [2.75, 3.05) is 14.2 Å². The number of ether oxygens (including phenoxy) is 2. The van der Waals surface area contributed by atoms with Crippen molar-refractivity contribution in [3.63, 3.8) is 0 Å². The van der Waals surface area contributed by atoms with Crippen molar-refractivity contribution in [1.29, 1.82) is 0 Å². The fourth-order valence-corrected chi connectivity index (χ4v) is 4.04.